The van der Waals surface area contributed by atoms with Gasteiger partial charge in [-0.25, -0.2) is 0 Å². The first-order chi connectivity index (χ1) is 8.24. The maximum atomic E-state index is 11.0. The Morgan fingerprint density at radius 3 is 2.76 bits per heavy atom. The summed E-state index contributed by atoms with van der Waals surface area (Å²) < 4.78 is 0. The van der Waals surface area contributed by atoms with Gasteiger partial charge < -0.3 is 15.3 Å². The summed E-state index contributed by atoms with van der Waals surface area (Å²) in [5.74, 6) is -0.747. The van der Waals surface area contributed by atoms with E-state index < -0.39 is 5.97 Å². The molecule has 3 fully saturated rings. The van der Waals surface area contributed by atoms with E-state index in [4.69, 9.17) is 5.11 Å². The van der Waals surface area contributed by atoms with Crippen LogP contribution in [0.25, 0.3) is 0 Å². The molecule has 2 heterocycles. The molecule has 2 aliphatic heterocycles. The summed E-state index contributed by atoms with van der Waals surface area (Å²) in [4.78, 5) is 13.6. The minimum Gasteiger partial charge on any atom is -0.481 e. The highest BCUT2D eigenvalue weighted by molar-refractivity contribution is 5.72. The maximum absolute atomic E-state index is 11.0. The first kappa shape index (κ1) is 11.5. The smallest absolute Gasteiger partial charge is 0.308 e. The standard InChI is InChI=1S/C13H22N2O2/c16-13(17)11-3-4-12(11)14-9-5-7-15-6-1-2-10(15)8-9/h9-12,14H,1-8H2,(H,16,17). The predicted molar refractivity (Wildman–Crippen MR) is 64.9 cm³/mol. The van der Waals surface area contributed by atoms with E-state index in [1.807, 2.05) is 0 Å². The molecule has 4 nitrogen and oxygen atoms in total. The van der Waals surface area contributed by atoms with Gasteiger partial charge in [0.1, 0.15) is 0 Å². The van der Waals surface area contributed by atoms with E-state index >= 15 is 0 Å². The highest BCUT2D eigenvalue weighted by Crippen LogP contribution is 2.31. The van der Waals surface area contributed by atoms with Gasteiger partial charge in [-0.3, -0.25) is 4.79 Å². The fourth-order valence-corrected chi connectivity index (χ4v) is 3.67. The number of carbonyl (C=O) groups is 1. The van der Waals surface area contributed by atoms with Crippen molar-refractivity contribution in [1.82, 2.24) is 10.2 Å². The summed E-state index contributed by atoms with van der Waals surface area (Å²) in [6.07, 6.45) is 7.00. The Hall–Kier alpha value is -0.610. The Kier molecular flexibility index (Phi) is 3.09. The van der Waals surface area contributed by atoms with E-state index in [1.165, 1.54) is 38.8 Å². The molecule has 1 aliphatic carbocycles. The van der Waals surface area contributed by atoms with Crippen molar-refractivity contribution in [2.75, 3.05) is 13.1 Å². The van der Waals surface area contributed by atoms with Gasteiger partial charge in [0.25, 0.3) is 0 Å². The van der Waals surface area contributed by atoms with E-state index in [0.29, 0.717) is 6.04 Å². The maximum Gasteiger partial charge on any atom is 0.308 e. The van der Waals surface area contributed by atoms with E-state index in [2.05, 4.69) is 10.2 Å². The van der Waals surface area contributed by atoms with Crippen LogP contribution in [0.2, 0.25) is 0 Å². The predicted octanol–water partition coefficient (Wildman–Crippen LogP) is 1.07. The average Bonchev–Trinajstić information content (AvgIpc) is 2.70. The monoisotopic (exact) mass is 238 g/mol. The van der Waals surface area contributed by atoms with Crippen molar-refractivity contribution in [3.63, 3.8) is 0 Å². The highest BCUT2D eigenvalue weighted by atomic mass is 16.4. The van der Waals surface area contributed by atoms with Crippen molar-refractivity contribution < 1.29 is 9.90 Å². The van der Waals surface area contributed by atoms with Gasteiger partial charge in [-0.15, -0.1) is 0 Å². The van der Waals surface area contributed by atoms with Crippen LogP contribution in [0.3, 0.4) is 0 Å². The number of carboxylic acid groups (broad SMARTS) is 1. The number of nitrogens with one attached hydrogen (secondary N) is 1. The molecule has 0 spiro atoms. The van der Waals surface area contributed by atoms with Crippen LogP contribution >= 0.6 is 0 Å². The molecule has 3 rings (SSSR count). The van der Waals surface area contributed by atoms with Crippen LogP contribution in [0, 0.1) is 5.92 Å². The zero-order chi connectivity index (χ0) is 11.8. The molecule has 4 heteroatoms. The summed E-state index contributed by atoms with van der Waals surface area (Å²) >= 11 is 0. The van der Waals surface area contributed by atoms with Crippen LogP contribution in [-0.2, 0) is 4.79 Å². The van der Waals surface area contributed by atoms with Crippen LogP contribution in [0.4, 0.5) is 0 Å². The van der Waals surface area contributed by atoms with E-state index in [0.717, 1.165) is 18.9 Å². The average molecular weight is 238 g/mol. The normalized spacial score (nSPS) is 41.9. The van der Waals surface area contributed by atoms with Crippen molar-refractivity contribution in [2.24, 2.45) is 5.92 Å². The second-order valence-electron chi connectivity index (χ2n) is 5.85. The third kappa shape index (κ3) is 2.20. The molecule has 2 N–H and O–H groups in total. The van der Waals surface area contributed by atoms with Gasteiger partial charge in [0, 0.05) is 18.1 Å². The number of nitrogens with zero attached hydrogens (tertiary/aromatic N) is 1. The van der Waals surface area contributed by atoms with Crippen molar-refractivity contribution in [2.45, 2.75) is 56.7 Å². The quantitative estimate of drug-likeness (QED) is 0.772. The van der Waals surface area contributed by atoms with Crippen LogP contribution in [-0.4, -0.2) is 47.2 Å². The molecule has 4 unspecified atom stereocenters. The molecule has 0 aromatic carbocycles. The lowest BCUT2D eigenvalue weighted by atomic mass is 9.78. The fraction of sp³-hybridized carbons (Fsp3) is 0.923. The van der Waals surface area contributed by atoms with Gasteiger partial charge in [0.2, 0.25) is 0 Å². The van der Waals surface area contributed by atoms with Crippen molar-refractivity contribution in [3.05, 3.63) is 0 Å². The summed E-state index contributed by atoms with van der Waals surface area (Å²) in [7, 11) is 0. The Morgan fingerprint density at radius 1 is 1.18 bits per heavy atom. The highest BCUT2D eigenvalue weighted by Gasteiger charge is 2.39. The number of carboxylic acids is 1. The van der Waals surface area contributed by atoms with Crippen LogP contribution in [0.1, 0.15) is 38.5 Å². The molecule has 17 heavy (non-hydrogen) atoms. The van der Waals surface area contributed by atoms with Gasteiger partial charge >= 0.3 is 5.97 Å². The number of aliphatic carboxylic acids is 1. The number of fused-ring (bicyclic) bond motifs is 1. The lowest BCUT2D eigenvalue weighted by molar-refractivity contribution is -0.146. The Balaban J connectivity index is 1.51. The van der Waals surface area contributed by atoms with Gasteiger partial charge in [0.15, 0.2) is 0 Å². The summed E-state index contributed by atoms with van der Waals surface area (Å²) in [6.45, 7) is 2.48. The molecule has 0 aromatic rings. The molecule has 0 bridgehead atoms. The summed E-state index contributed by atoms with van der Waals surface area (Å²) in [6, 6.07) is 1.57. The lowest BCUT2D eigenvalue weighted by Crippen LogP contribution is -2.55. The van der Waals surface area contributed by atoms with E-state index in [9.17, 15) is 4.79 Å². The summed E-state index contributed by atoms with van der Waals surface area (Å²) in [5, 5.41) is 12.6. The van der Waals surface area contributed by atoms with Crippen LogP contribution in [0.15, 0.2) is 0 Å². The molecule has 2 saturated heterocycles. The molecular formula is C13H22N2O2. The second-order valence-corrected chi connectivity index (χ2v) is 5.85. The van der Waals surface area contributed by atoms with Crippen molar-refractivity contribution in [3.8, 4) is 0 Å². The molecule has 0 radical (unpaired) electrons. The molecule has 1 saturated carbocycles. The molecule has 0 amide bonds. The number of piperidine rings is 1. The lowest BCUT2D eigenvalue weighted by Gasteiger charge is -2.41. The third-order valence-electron chi connectivity index (χ3n) is 4.86. The molecule has 3 aliphatic rings. The molecule has 4 atom stereocenters. The molecule has 0 aromatic heterocycles. The van der Waals surface area contributed by atoms with Gasteiger partial charge in [0.05, 0.1) is 5.92 Å². The molecule has 96 valence electrons. The SMILES string of the molecule is O=C(O)C1CCC1NC1CCN2CCCC2C1. The Bertz CT molecular complexity index is 308. The number of hydrogen-bond donors (Lipinski definition) is 2. The second kappa shape index (κ2) is 4.58. The van der Waals surface area contributed by atoms with Gasteiger partial charge in [-0.1, -0.05) is 0 Å². The fourth-order valence-electron chi connectivity index (χ4n) is 3.67. The van der Waals surface area contributed by atoms with Gasteiger partial charge in [-0.2, -0.15) is 0 Å². The Morgan fingerprint density at radius 2 is 2.06 bits per heavy atom. The Labute approximate surface area is 102 Å². The number of hydrogen-bond acceptors (Lipinski definition) is 3. The zero-order valence-corrected chi connectivity index (χ0v) is 10.3. The van der Waals surface area contributed by atoms with Crippen LogP contribution in [0.5, 0.6) is 0 Å². The first-order valence-electron chi connectivity index (χ1n) is 6.97. The first-order valence-corrected chi connectivity index (χ1v) is 6.97. The topological polar surface area (TPSA) is 52.6 Å². The van der Waals surface area contributed by atoms with Crippen LogP contribution < -0.4 is 5.32 Å². The van der Waals surface area contributed by atoms with Crippen molar-refractivity contribution in [1.29, 1.82) is 0 Å². The minimum absolute atomic E-state index is 0.128. The minimum atomic E-state index is -0.618. The third-order valence-corrected chi connectivity index (χ3v) is 4.86. The zero-order valence-electron chi connectivity index (χ0n) is 10.3. The largest absolute Gasteiger partial charge is 0.481 e. The molecular weight excluding hydrogens is 216 g/mol. The van der Waals surface area contributed by atoms with E-state index in [-0.39, 0.29) is 12.0 Å². The van der Waals surface area contributed by atoms with Gasteiger partial charge in [-0.05, 0) is 51.6 Å². The van der Waals surface area contributed by atoms with E-state index in [1.54, 1.807) is 0 Å². The van der Waals surface area contributed by atoms with Crippen molar-refractivity contribution >= 4 is 5.97 Å². The summed E-state index contributed by atoms with van der Waals surface area (Å²) in [5.41, 5.74) is 0. The number of rotatable bonds is 3.